The van der Waals surface area contributed by atoms with Gasteiger partial charge in [0.2, 0.25) is 0 Å². The second-order valence-corrected chi connectivity index (χ2v) is 4.72. The third kappa shape index (κ3) is 6.13. The van der Waals surface area contributed by atoms with E-state index in [9.17, 15) is 0 Å². The highest BCUT2D eigenvalue weighted by atomic mass is 16.2. The van der Waals surface area contributed by atoms with Crippen LogP contribution in [0.5, 0.6) is 0 Å². The Labute approximate surface area is 93.9 Å². The van der Waals surface area contributed by atoms with E-state index in [1.807, 2.05) is 0 Å². The largest absolute Gasteiger partial charge is 0.396 e. The number of nitrogens with zero attached hydrogens (tertiary/aromatic N) is 1. The molecule has 1 heterocycles. The predicted octanol–water partition coefficient (Wildman–Crippen LogP) is 1.08. The van der Waals surface area contributed by atoms with E-state index in [1.54, 1.807) is 0 Å². The van der Waals surface area contributed by atoms with Gasteiger partial charge in [0.15, 0.2) is 0 Å². The first kappa shape index (κ1) is 12.9. The quantitative estimate of drug-likeness (QED) is 0.623. The fourth-order valence-electron chi connectivity index (χ4n) is 2.14. The molecule has 3 heteroatoms. The Balaban J connectivity index is 1.87. The van der Waals surface area contributed by atoms with Crippen LogP contribution in [0, 0.1) is 5.92 Å². The van der Waals surface area contributed by atoms with Gasteiger partial charge in [-0.3, -0.25) is 0 Å². The lowest BCUT2D eigenvalue weighted by Gasteiger charge is -2.28. The van der Waals surface area contributed by atoms with Gasteiger partial charge in [0.05, 0.1) is 0 Å². The summed E-state index contributed by atoms with van der Waals surface area (Å²) in [6.45, 7) is 5.09. The van der Waals surface area contributed by atoms with Crippen LogP contribution in [-0.4, -0.2) is 49.8 Å². The molecule has 1 rings (SSSR count). The molecule has 0 amide bonds. The number of aliphatic hydroxyl groups is 1. The Kier molecular flexibility index (Phi) is 6.98. The zero-order chi connectivity index (χ0) is 10.9. The minimum atomic E-state index is 0.330. The molecule has 1 fully saturated rings. The lowest BCUT2D eigenvalue weighted by molar-refractivity contribution is 0.211. The lowest BCUT2D eigenvalue weighted by atomic mass is 9.94. The minimum absolute atomic E-state index is 0.330. The van der Waals surface area contributed by atoms with Crippen LogP contribution >= 0.6 is 0 Å². The van der Waals surface area contributed by atoms with E-state index in [2.05, 4.69) is 17.3 Å². The summed E-state index contributed by atoms with van der Waals surface area (Å²) in [6.07, 6.45) is 6.10. The van der Waals surface area contributed by atoms with Crippen LogP contribution in [-0.2, 0) is 0 Å². The highest BCUT2D eigenvalue weighted by molar-refractivity contribution is 4.70. The molecule has 2 N–H and O–H groups in total. The summed E-state index contributed by atoms with van der Waals surface area (Å²) in [6, 6.07) is 0. The fourth-order valence-corrected chi connectivity index (χ4v) is 2.14. The molecule has 1 aliphatic heterocycles. The highest BCUT2D eigenvalue weighted by Crippen LogP contribution is 2.18. The van der Waals surface area contributed by atoms with Gasteiger partial charge in [0.1, 0.15) is 0 Å². The maximum absolute atomic E-state index is 8.62. The topological polar surface area (TPSA) is 35.5 Å². The summed E-state index contributed by atoms with van der Waals surface area (Å²) in [5.74, 6) is 0.937. The molecular formula is C12H26N2O. The van der Waals surface area contributed by atoms with Crippen LogP contribution in [0.4, 0.5) is 0 Å². The average molecular weight is 214 g/mol. The van der Waals surface area contributed by atoms with Crippen LogP contribution in [0.15, 0.2) is 0 Å². The second-order valence-electron chi connectivity index (χ2n) is 4.72. The molecule has 0 saturated carbocycles. The summed E-state index contributed by atoms with van der Waals surface area (Å²) in [5, 5.41) is 12.1. The van der Waals surface area contributed by atoms with Crippen molar-refractivity contribution in [3.63, 3.8) is 0 Å². The van der Waals surface area contributed by atoms with Crippen molar-refractivity contribution in [3.8, 4) is 0 Å². The molecule has 0 spiro atoms. The Morgan fingerprint density at radius 3 is 2.60 bits per heavy atom. The average Bonchev–Trinajstić information content (AvgIpc) is 2.26. The van der Waals surface area contributed by atoms with Gasteiger partial charge in [-0.25, -0.2) is 0 Å². The molecule has 0 atom stereocenters. The standard InChI is InChI=1S/C12H26N2O/c1-14-9-5-12(6-10-14)4-8-13-7-2-3-11-15/h12-13,15H,2-11H2,1H3. The van der Waals surface area contributed by atoms with Crippen LogP contribution in [0.3, 0.4) is 0 Å². The Bertz CT molecular complexity index is 145. The molecule has 3 nitrogen and oxygen atoms in total. The van der Waals surface area contributed by atoms with Crippen LogP contribution in [0.25, 0.3) is 0 Å². The number of hydrogen-bond acceptors (Lipinski definition) is 3. The van der Waals surface area contributed by atoms with Crippen molar-refractivity contribution in [2.24, 2.45) is 5.92 Å². The van der Waals surface area contributed by atoms with Crippen molar-refractivity contribution in [3.05, 3.63) is 0 Å². The van der Waals surface area contributed by atoms with Gasteiger partial charge < -0.3 is 15.3 Å². The molecule has 15 heavy (non-hydrogen) atoms. The lowest BCUT2D eigenvalue weighted by Crippen LogP contribution is -2.31. The van der Waals surface area contributed by atoms with Gasteiger partial charge >= 0.3 is 0 Å². The molecule has 0 aromatic heterocycles. The maximum atomic E-state index is 8.62. The maximum Gasteiger partial charge on any atom is 0.0431 e. The molecule has 0 aromatic rings. The van der Waals surface area contributed by atoms with Gasteiger partial charge in [-0.15, -0.1) is 0 Å². The van der Waals surface area contributed by atoms with Gasteiger partial charge in [0, 0.05) is 6.61 Å². The van der Waals surface area contributed by atoms with Crippen molar-refractivity contribution in [1.82, 2.24) is 10.2 Å². The molecule has 0 aliphatic carbocycles. The number of likely N-dealkylation sites (tertiary alicyclic amines) is 1. The first-order valence-electron chi connectivity index (χ1n) is 6.33. The van der Waals surface area contributed by atoms with E-state index in [-0.39, 0.29) is 0 Å². The van der Waals surface area contributed by atoms with E-state index in [0.717, 1.165) is 31.8 Å². The smallest absolute Gasteiger partial charge is 0.0431 e. The Morgan fingerprint density at radius 2 is 1.93 bits per heavy atom. The summed E-state index contributed by atoms with van der Waals surface area (Å²) < 4.78 is 0. The van der Waals surface area contributed by atoms with Gasteiger partial charge in [-0.1, -0.05) is 0 Å². The molecular weight excluding hydrogens is 188 g/mol. The second kappa shape index (κ2) is 8.08. The van der Waals surface area contributed by atoms with Crippen molar-refractivity contribution >= 4 is 0 Å². The van der Waals surface area contributed by atoms with Crippen LogP contribution in [0.1, 0.15) is 32.1 Å². The third-order valence-corrected chi connectivity index (χ3v) is 3.33. The first-order valence-corrected chi connectivity index (χ1v) is 6.33. The number of aliphatic hydroxyl groups excluding tert-OH is 1. The van der Waals surface area contributed by atoms with Crippen LogP contribution < -0.4 is 5.32 Å². The SMILES string of the molecule is CN1CCC(CCNCCCCO)CC1. The molecule has 1 aliphatic rings. The van der Waals surface area contributed by atoms with E-state index in [0.29, 0.717) is 6.61 Å². The Hall–Kier alpha value is -0.120. The van der Waals surface area contributed by atoms with Crippen molar-refractivity contribution in [2.75, 3.05) is 39.8 Å². The Morgan fingerprint density at radius 1 is 1.20 bits per heavy atom. The van der Waals surface area contributed by atoms with E-state index >= 15 is 0 Å². The van der Waals surface area contributed by atoms with Crippen molar-refractivity contribution in [2.45, 2.75) is 32.1 Å². The van der Waals surface area contributed by atoms with Crippen LogP contribution in [0.2, 0.25) is 0 Å². The summed E-state index contributed by atoms with van der Waals surface area (Å²) in [5.41, 5.74) is 0. The predicted molar refractivity (Wildman–Crippen MR) is 64.0 cm³/mol. The molecule has 0 bridgehead atoms. The van der Waals surface area contributed by atoms with Crippen molar-refractivity contribution < 1.29 is 5.11 Å². The molecule has 0 unspecified atom stereocenters. The number of unbranched alkanes of at least 4 members (excludes halogenated alkanes) is 1. The molecule has 0 aromatic carbocycles. The number of nitrogens with one attached hydrogen (secondary N) is 1. The van der Waals surface area contributed by atoms with E-state index in [1.165, 1.54) is 32.4 Å². The molecule has 1 saturated heterocycles. The molecule has 0 radical (unpaired) electrons. The highest BCUT2D eigenvalue weighted by Gasteiger charge is 2.15. The monoisotopic (exact) mass is 214 g/mol. The summed E-state index contributed by atoms with van der Waals surface area (Å²) >= 11 is 0. The van der Waals surface area contributed by atoms with E-state index in [4.69, 9.17) is 5.11 Å². The first-order chi connectivity index (χ1) is 7.33. The van der Waals surface area contributed by atoms with Crippen molar-refractivity contribution in [1.29, 1.82) is 0 Å². The van der Waals surface area contributed by atoms with E-state index < -0.39 is 0 Å². The van der Waals surface area contributed by atoms with Gasteiger partial charge in [-0.05, 0) is 71.2 Å². The van der Waals surface area contributed by atoms with Gasteiger partial charge in [-0.2, -0.15) is 0 Å². The summed E-state index contributed by atoms with van der Waals surface area (Å²) in [7, 11) is 2.21. The number of hydrogen-bond donors (Lipinski definition) is 2. The fraction of sp³-hybridized carbons (Fsp3) is 1.00. The number of piperidine rings is 1. The van der Waals surface area contributed by atoms with Gasteiger partial charge in [0.25, 0.3) is 0 Å². The zero-order valence-corrected chi connectivity index (χ0v) is 10.0. The molecule has 90 valence electrons. The summed E-state index contributed by atoms with van der Waals surface area (Å²) in [4.78, 5) is 2.42. The minimum Gasteiger partial charge on any atom is -0.396 e. The normalized spacial score (nSPS) is 19.6. The third-order valence-electron chi connectivity index (χ3n) is 3.33. The number of rotatable bonds is 7. The zero-order valence-electron chi connectivity index (χ0n) is 10.0.